The van der Waals surface area contributed by atoms with E-state index in [1.807, 2.05) is 37.3 Å². The zero-order valence-electron chi connectivity index (χ0n) is 72.9. The molecule has 0 aromatic heterocycles. The van der Waals surface area contributed by atoms with E-state index in [1.165, 1.54) is 20.7 Å². The number of sulfonamides is 3. The maximum atomic E-state index is 13.5. The summed E-state index contributed by atoms with van der Waals surface area (Å²) in [5, 5.41) is 70.3. The molecule has 3 fully saturated rings. The minimum atomic E-state index is -4.15. The number of nitrogens with one attached hydrogen (secondary N) is 6. The molecule has 0 unspecified atom stereocenters. The number of rotatable bonds is 48. The van der Waals surface area contributed by atoms with Crippen LogP contribution in [0.15, 0.2) is 191 Å². The number of nitro groups is 1. The Morgan fingerprint density at radius 1 is 0.375 bits per heavy atom. The first-order chi connectivity index (χ1) is 60.9. The molecule has 9 N–H and O–H groups in total. The lowest BCUT2D eigenvalue weighted by molar-refractivity contribution is -0.384. The van der Waals surface area contributed by atoms with Gasteiger partial charge in [-0.15, -0.1) is 0 Å². The fourth-order valence-corrected chi connectivity index (χ4v) is 20.4. The predicted octanol–water partition coefficient (Wildman–Crippen LogP) is 13.4. The van der Waals surface area contributed by atoms with Crippen LogP contribution in [0.2, 0.25) is 0 Å². The number of amides is 3. The zero-order chi connectivity index (χ0) is 93.3. The number of benzene rings is 7. The summed E-state index contributed by atoms with van der Waals surface area (Å²) >= 11 is 0. The molecule has 30 nitrogen and oxygen atoms in total. The molecular formula is C95H118N10O20S3. The standard InChI is InChI=1S/C35H41N3O6S.C31H41N3O6S.C29H36N4O8S/c1-25(36)9-4-2-7-12-30(39)23-26-14-16-27(17-15-26)24-32(35(41)42)37-34(40)33-13-8-22-38(33)45(43,44)31-20-18-29(19-21-31)28-10-5-3-6-11-28;1-3-23-15-17-27(18-16-23)41(39,40)34-19-7-10-29(34)30(36)33-28(31(37)38)21-25-13-11-24(12-14-25)20-26(35)9-6-4-5-8-22(2)32;1-20(30)6-3-2-4-7-24(34)18-21-9-11-22(12-10-21)19-26(29(36)37)31-28(35)27-8-5-17-32(27)42(40,41)25-15-13-23(14-16-25)33(38)39/h3,5-6,10-11,14-21,32-33,36H,2,4,7-9,12-13,22-24H2,1H3,(H,37,40)(H,41,42);11-18,28-29,32H,3-10,19-21H2,1-2H3,(H,33,36)(H,37,38);9-16,26-27,30H,2-8,17-19H2,1H3,(H,31,35)(H,36,37)/t32-,33-;28-,29-;26-,27-/m000/s1. The minimum absolute atomic E-state index is 0.0160. The molecule has 10 rings (SSSR count). The van der Waals surface area contributed by atoms with Crippen LogP contribution in [0, 0.1) is 26.3 Å². The average molecular weight is 1820 g/mol. The van der Waals surface area contributed by atoms with E-state index in [2.05, 4.69) is 16.0 Å². The van der Waals surface area contributed by atoms with Crippen molar-refractivity contribution in [3.8, 4) is 11.1 Å². The average Bonchev–Trinajstić information content (AvgIpc) is 1.59. The van der Waals surface area contributed by atoms with E-state index >= 15 is 0 Å². The molecule has 3 saturated heterocycles. The van der Waals surface area contributed by atoms with Crippen molar-refractivity contribution in [2.24, 2.45) is 0 Å². The third-order valence-corrected chi connectivity index (χ3v) is 28.4. The number of aliphatic carboxylic acids is 3. The van der Waals surface area contributed by atoms with Gasteiger partial charge in [-0.05, 0) is 210 Å². The fourth-order valence-electron chi connectivity index (χ4n) is 15.5. The van der Waals surface area contributed by atoms with Crippen molar-refractivity contribution in [3.05, 3.63) is 225 Å². The van der Waals surface area contributed by atoms with E-state index in [0.717, 1.165) is 145 Å². The van der Waals surface area contributed by atoms with Gasteiger partial charge in [-0.25, -0.2) is 39.6 Å². The molecule has 33 heteroatoms. The molecule has 7 aromatic rings. The summed E-state index contributed by atoms with van der Waals surface area (Å²) in [5.74, 6) is -5.32. The van der Waals surface area contributed by atoms with Gasteiger partial charge in [-0.3, -0.25) is 38.9 Å². The molecule has 3 aliphatic heterocycles. The van der Waals surface area contributed by atoms with Crippen molar-refractivity contribution in [1.29, 1.82) is 16.2 Å². The SMILES string of the molecule is CC(=N)CCCCCC(=O)Cc1ccc(C[C@H](NC(=O)[C@@H]2CCCN2S(=O)(=O)c2ccc(-c3ccccc3)cc2)C(=O)O)cc1.CC(=N)CCCCCC(=O)Cc1ccc(C[C@H](NC(=O)[C@@H]2CCCN2S(=O)(=O)c2ccc([N+](=O)[O-])cc2)C(=O)O)cc1.CCc1ccc(S(=O)(=O)N2CCC[C@H]2C(=O)N[C@@H](Cc2ccc(CC(=O)CCCCCC(C)=N)cc2)C(=O)O)cc1. The van der Waals surface area contributed by atoms with Crippen LogP contribution in [0.4, 0.5) is 5.69 Å². The third-order valence-electron chi connectivity index (χ3n) is 22.6. The highest BCUT2D eigenvalue weighted by atomic mass is 32.2. The van der Waals surface area contributed by atoms with Gasteiger partial charge in [0.15, 0.2) is 0 Å². The van der Waals surface area contributed by atoms with Crippen molar-refractivity contribution >= 4 is 106 Å². The van der Waals surface area contributed by atoms with Crippen molar-refractivity contribution in [3.63, 3.8) is 0 Å². The second-order valence-corrected chi connectivity index (χ2v) is 38.6. The Morgan fingerprint density at radius 3 is 0.906 bits per heavy atom. The number of nitrogens with zero attached hydrogens (tertiary/aromatic N) is 4. The van der Waals surface area contributed by atoms with Gasteiger partial charge in [0.2, 0.25) is 47.8 Å². The Bertz CT molecular complexity index is 5370. The molecule has 3 amide bonds. The third kappa shape index (κ3) is 31.5. The molecule has 0 aliphatic carbocycles. The molecule has 3 heterocycles. The molecule has 128 heavy (non-hydrogen) atoms. The molecule has 686 valence electrons. The lowest BCUT2D eigenvalue weighted by Crippen LogP contribution is -2.51. The number of ketones is 3. The number of carbonyl (C=O) groups is 9. The summed E-state index contributed by atoms with van der Waals surface area (Å²) in [4.78, 5) is 123. The normalized spacial score (nSPS) is 16.0. The molecule has 0 radical (unpaired) electrons. The maximum absolute atomic E-state index is 13.5. The molecular weight excluding hydrogens is 1700 g/mol. The Kier molecular flexibility index (Phi) is 39.6. The lowest BCUT2D eigenvalue weighted by Gasteiger charge is -2.25. The van der Waals surface area contributed by atoms with E-state index in [-0.39, 0.29) is 89.5 Å². The summed E-state index contributed by atoms with van der Waals surface area (Å²) in [6, 6.07) is 41.3. The van der Waals surface area contributed by atoms with Crippen LogP contribution in [0.5, 0.6) is 0 Å². The maximum Gasteiger partial charge on any atom is 0.326 e. The topological polar surface area (TPSA) is 477 Å². The Hall–Kier alpha value is -11.5. The summed E-state index contributed by atoms with van der Waals surface area (Å²) in [5.41, 5.74) is 8.97. The molecule has 0 saturated carbocycles. The highest BCUT2D eigenvalue weighted by Crippen LogP contribution is 2.32. The van der Waals surface area contributed by atoms with Crippen LogP contribution in [0.25, 0.3) is 11.1 Å². The first-order valence-corrected chi connectivity index (χ1v) is 47.8. The Balaban J connectivity index is 0.000000238. The summed E-state index contributed by atoms with van der Waals surface area (Å²) in [6.07, 6.45) is 15.4. The number of unbranched alkanes of at least 4 members (excludes halogenated alkanes) is 6. The molecule has 0 spiro atoms. The highest BCUT2D eigenvalue weighted by Gasteiger charge is 2.44. The van der Waals surface area contributed by atoms with Crippen LogP contribution in [0.1, 0.15) is 201 Å². The zero-order valence-corrected chi connectivity index (χ0v) is 75.4. The van der Waals surface area contributed by atoms with Gasteiger partial charge in [0, 0.05) is 107 Å². The van der Waals surface area contributed by atoms with Gasteiger partial charge < -0.3 is 47.5 Å². The number of aryl methyl sites for hydroxylation is 1. The predicted molar refractivity (Wildman–Crippen MR) is 486 cm³/mol. The molecule has 0 bridgehead atoms. The smallest absolute Gasteiger partial charge is 0.326 e. The fraction of sp³-hybridized carbons (Fsp3) is 0.432. The monoisotopic (exact) mass is 1810 g/mol. The lowest BCUT2D eigenvalue weighted by atomic mass is 10.00. The summed E-state index contributed by atoms with van der Waals surface area (Å²) < 4.78 is 83.3. The van der Waals surface area contributed by atoms with Crippen LogP contribution in [-0.4, -0.2) is 184 Å². The highest BCUT2D eigenvalue weighted by molar-refractivity contribution is 7.89. The van der Waals surface area contributed by atoms with Crippen LogP contribution >= 0.6 is 0 Å². The number of Topliss-reactive ketones (excluding diaryl/α,β-unsaturated/α-hetero) is 3. The molecule has 6 atom stereocenters. The van der Waals surface area contributed by atoms with E-state index < -0.39 is 107 Å². The summed E-state index contributed by atoms with van der Waals surface area (Å²) in [6.45, 7) is 7.73. The second-order valence-electron chi connectivity index (χ2n) is 32.9. The van der Waals surface area contributed by atoms with Gasteiger partial charge in [0.1, 0.15) is 53.6 Å². The minimum Gasteiger partial charge on any atom is -0.480 e. The quantitative estimate of drug-likeness (QED) is 0.00740. The second kappa shape index (κ2) is 49.7. The van der Waals surface area contributed by atoms with Crippen LogP contribution in [0.3, 0.4) is 0 Å². The van der Waals surface area contributed by atoms with Crippen molar-refractivity contribution < 1.29 is 88.6 Å². The largest absolute Gasteiger partial charge is 0.480 e. The Morgan fingerprint density at radius 2 is 0.633 bits per heavy atom. The number of hydrogen-bond donors (Lipinski definition) is 9. The Labute approximate surface area is 749 Å². The van der Waals surface area contributed by atoms with Crippen molar-refractivity contribution in [2.75, 3.05) is 19.6 Å². The number of carboxylic acid groups (broad SMARTS) is 3. The van der Waals surface area contributed by atoms with Gasteiger partial charge >= 0.3 is 17.9 Å². The van der Waals surface area contributed by atoms with Gasteiger partial charge in [0.05, 0.1) is 19.6 Å². The molecule has 3 aliphatic rings. The number of carboxylic acids is 3. The van der Waals surface area contributed by atoms with Gasteiger partial charge in [-0.2, -0.15) is 12.9 Å². The van der Waals surface area contributed by atoms with E-state index in [1.54, 1.807) is 130 Å². The van der Waals surface area contributed by atoms with Crippen LogP contribution < -0.4 is 16.0 Å². The first kappa shape index (κ1) is 102. The number of hydrogen-bond acceptors (Lipinski definition) is 20. The first-order valence-electron chi connectivity index (χ1n) is 43.5. The van der Waals surface area contributed by atoms with Gasteiger partial charge in [-0.1, -0.05) is 154 Å². The van der Waals surface area contributed by atoms with Crippen molar-refractivity contribution in [1.82, 2.24) is 28.9 Å². The number of non-ortho nitro benzene ring substituents is 1. The van der Waals surface area contributed by atoms with E-state index in [9.17, 15) is 93.8 Å². The van der Waals surface area contributed by atoms with Crippen LogP contribution in [-0.2, 0) is 118 Å². The van der Waals surface area contributed by atoms with Crippen molar-refractivity contribution in [2.45, 2.75) is 258 Å². The van der Waals surface area contributed by atoms with E-state index in [4.69, 9.17) is 16.2 Å². The van der Waals surface area contributed by atoms with Gasteiger partial charge in [0.25, 0.3) is 5.69 Å². The number of carbonyl (C=O) groups excluding carboxylic acids is 6. The number of nitro benzene ring substituents is 1. The summed E-state index contributed by atoms with van der Waals surface area (Å²) in [7, 11) is -12.0. The molecule has 7 aromatic carbocycles. The van der Waals surface area contributed by atoms with E-state index in [0.29, 0.717) is 98.0 Å².